The van der Waals surface area contributed by atoms with Gasteiger partial charge in [0.2, 0.25) is 5.91 Å². The lowest BCUT2D eigenvalue weighted by atomic mass is 10.1. The van der Waals surface area contributed by atoms with Gasteiger partial charge in [-0.1, -0.05) is 84.1 Å². The molecule has 1 heterocycles. The molecule has 1 aliphatic heterocycles. The van der Waals surface area contributed by atoms with Gasteiger partial charge in [0.25, 0.3) is 5.91 Å². The Balaban J connectivity index is 1.31. The van der Waals surface area contributed by atoms with Crippen molar-refractivity contribution in [1.82, 2.24) is 4.90 Å². The molecule has 2 amide bonds. The second-order valence-corrected chi connectivity index (χ2v) is 9.13. The summed E-state index contributed by atoms with van der Waals surface area (Å²) in [6, 6.07) is 21.9. The predicted octanol–water partition coefficient (Wildman–Crippen LogP) is 5.77. The quantitative estimate of drug-likeness (QED) is 0.386. The van der Waals surface area contributed by atoms with Gasteiger partial charge < -0.3 is 5.32 Å². The van der Waals surface area contributed by atoms with Crippen molar-refractivity contribution in [2.24, 2.45) is 0 Å². The Bertz CT molecular complexity index is 1190. The summed E-state index contributed by atoms with van der Waals surface area (Å²) in [6.45, 7) is 2.46. The second-order valence-electron chi connectivity index (χ2n) is 7.46. The van der Waals surface area contributed by atoms with Crippen molar-refractivity contribution in [2.75, 3.05) is 11.9 Å². The van der Waals surface area contributed by atoms with Gasteiger partial charge in [-0.2, -0.15) is 0 Å². The summed E-state index contributed by atoms with van der Waals surface area (Å²) in [5, 5.41) is 5.15. The molecule has 0 saturated carbocycles. The molecule has 6 heteroatoms. The lowest BCUT2D eigenvalue weighted by molar-refractivity contribution is -0.122. The second kappa shape index (κ2) is 9.45. The summed E-state index contributed by atoms with van der Waals surface area (Å²) in [5.74, 6) is -0.165. The van der Waals surface area contributed by atoms with Crippen LogP contribution >= 0.6 is 24.0 Å². The summed E-state index contributed by atoms with van der Waals surface area (Å²) >= 11 is 6.70. The highest BCUT2D eigenvalue weighted by molar-refractivity contribution is 8.26. The lowest BCUT2D eigenvalue weighted by Crippen LogP contribution is -2.29. The fraction of sp³-hybridized carbons (Fsp3) is 0.160. The molecule has 0 unspecified atom stereocenters. The molecule has 31 heavy (non-hydrogen) atoms. The summed E-state index contributed by atoms with van der Waals surface area (Å²) in [6.07, 6.45) is 2.73. The number of benzene rings is 3. The Morgan fingerprint density at radius 1 is 1.06 bits per heavy atom. The average molecular weight is 447 g/mol. The number of nitrogens with one attached hydrogen (secondary N) is 1. The monoisotopic (exact) mass is 446 g/mol. The highest BCUT2D eigenvalue weighted by Gasteiger charge is 2.31. The number of amides is 2. The number of nitrogens with zero attached hydrogens (tertiary/aromatic N) is 1. The molecule has 0 bridgehead atoms. The highest BCUT2D eigenvalue weighted by atomic mass is 32.2. The molecule has 0 aromatic heterocycles. The van der Waals surface area contributed by atoms with Crippen LogP contribution in [0, 0.1) is 6.92 Å². The number of carbonyl (C=O) groups is 2. The fourth-order valence-corrected chi connectivity index (χ4v) is 4.70. The Labute approximate surface area is 191 Å². The van der Waals surface area contributed by atoms with Crippen LogP contribution in [-0.2, 0) is 9.59 Å². The molecule has 4 nitrogen and oxygen atoms in total. The smallest absolute Gasteiger partial charge is 0.266 e. The van der Waals surface area contributed by atoms with E-state index < -0.39 is 0 Å². The molecule has 4 rings (SSSR count). The molecule has 1 saturated heterocycles. The van der Waals surface area contributed by atoms with Gasteiger partial charge in [0, 0.05) is 18.7 Å². The number of carbonyl (C=O) groups excluding carboxylic acids is 2. The molecule has 1 fully saturated rings. The van der Waals surface area contributed by atoms with Crippen LogP contribution in [0.5, 0.6) is 0 Å². The number of rotatable bonds is 6. The number of thioether (sulfide) groups is 1. The average Bonchev–Trinajstić information content (AvgIpc) is 3.02. The molecule has 0 atom stereocenters. The molecule has 3 aromatic rings. The van der Waals surface area contributed by atoms with Gasteiger partial charge in [-0.15, -0.1) is 0 Å². The number of thiocarbonyl (C=S) groups is 1. The maximum absolute atomic E-state index is 12.7. The van der Waals surface area contributed by atoms with E-state index in [0.717, 1.165) is 22.0 Å². The van der Waals surface area contributed by atoms with E-state index in [9.17, 15) is 9.59 Å². The Morgan fingerprint density at radius 2 is 1.81 bits per heavy atom. The van der Waals surface area contributed by atoms with Crippen LogP contribution in [0.1, 0.15) is 24.0 Å². The van der Waals surface area contributed by atoms with E-state index in [0.29, 0.717) is 28.6 Å². The SMILES string of the molecule is Cc1ccc(/C=C2/SC(=S)N(CCCC(=O)Nc3ccc4ccccc4c3)C2=O)cc1. The molecular weight excluding hydrogens is 424 g/mol. The standard InChI is InChI=1S/C25H22N2O2S2/c1-17-8-10-18(11-9-17)15-22-24(29)27(25(30)31-22)14-4-7-23(28)26-21-13-12-19-5-2-3-6-20(19)16-21/h2-3,5-6,8-13,15-16H,4,7,14H2,1H3,(H,26,28)/b22-15+. The van der Waals surface area contributed by atoms with Crippen molar-refractivity contribution < 1.29 is 9.59 Å². The topological polar surface area (TPSA) is 49.4 Å². The van der Waals surface area contributed by atoms with Crippen molar-refractivity contribution in [3.05, 3.63) is 82.8 Å². The van der Waals surface area contributed by atoms with Gasteiger partial charge in [-0.05, 0) is 47.9 Å². The highest BCUT2D eigenvalue weighted by Crippen LogP contribution is 2.32. The zero-order chi connectivity index (χ0) is 21.8. The first-order valence-corrected chi connectivity index (χ1v) is 11.3. The number of aryl methyl sites for hydroxylation is 1. The van der Waals surface area contributed by atoms with Crippen molar-refractivity contribution in [2.45, 2.75) is 19.8 Å². The number of hydrogen-bond donors (Lipinski definition) is 1. The largest absolute Gasteiger partial charge is 0.326 e. The van der Waals surface area contributed by atoms with Crippen molar-refractivity contribution in [1.29, 1.82) is 0 Å². The lowest BCUT2D eigenvalue weighted by Gasteiger charge is -2.14. The predicted molar refractivity (Wildman–Crippen MR) is 133 cm³/mol. The van der Waals surface area contributed by atoms with Crippen LogP contribution in [0.15, 0.2) is 71.6 Å². The minimum Gasteiger partial charge on any atom is -0.326 e. The van der Waals surface area contributed by atoms with Crippen molar-refractivity contribution in [3.8, 4) is 0 Å². The molecule has 1 N–H and O–H groups in total. The van der Waals surface area contributed by atoms with E-state index in [1.807, 2.05) is 79.7 Å². The Kier molecular flexibility index (Phi) is 6.49. The van der Waals surface area contributed by atoms with Gasteiger partial charge in [0.05, 0.1) is 4.91 Å². The summed E-state index contributed by atoms with van der Waals surface area (Å²) in [7, 11) is 0. The Morgan fingerprint density at radius 3 is 2.58 bits per heavy atom. The van der Waals surface area contributed by atoms with Crippen LogP contribution in [0.2, 0.25) is 0 Å². The van der Waals surface area contributed by atoms with E-state index in [4.69, 9.17) is 12.2 Å². The summed E-state index contributed by atoms with van der Waals surface area (Å²) < 4.78 is 0.540. The van der Waals surface area contributed by atoms with E-state index in [1.54, 1.807) is 4.90 Å². The van der Waals surface area contributed by atoms with Gasteiger partial charge >= 0.3 is 0 Å². The fourth-order valence-electron chi connectivity index (χ4n) is 3.40. The first-order chi connectivity index (χ1) is 15.0. The first-order valence-electron chi connectivity index (χ1n) is 10.1. The molecule has 156 valence electrons. The minimum absolute atomic E-state index is 0.0732. The molecule has 0 spiro atoms. The maximum atomic E-state index is 12.7. The first kappa shape index (κ1) is 21.3. The van der Waals surface area contributed by atoms with Gasteiger partial charge in [0.1, 0.15) is 4.32 Å². The maximum Gasteiger partial charge on any atom is 0.266 e. The van der Waals surface area contributed by atoms with E-state index in [-0.39, 0.29) is 11.8 Å². The Hall–Kier alpha value is -2.96. The number of anilines is 1. The van der Waals surface area contributed by atoms with Crippen LogP contribution in [0.4, 0.5) is 5.69 Å². The summed E-state index contributed by atoms with van der Waals surface area (Å²) in [4.78, 5) is 27.3. The third-order valence-corrected chi connectivity index (χ3v) is 6.45. The van der Waals surface area contributed by atoms with Crippen LogP contribution in [0.25, 0.3) is 16.8 Å². The van der Waals surface area contributed by atoms with Gasteiger partial charge in [-0.25, -0.2) is 0 Å². The molecule has 1 aliphatic rings. The van der Waals surface area contributed by atoms with Crippen LogP contribution in [-0.4, -0.2) is 27.6 Å². The molecule has 0 aliphatic carbocycles. The van der Waals surface area contributed by atoms with Crippen molar-refractivity contribution >= 4 is 62.7 Å². The zero-order valence-corrected chi connectivity index (χ0v) is 18.8. The summed E-state index contributed by atoms with van der Waals surface area (Å²) in [5.41, 5.74) is 2.92. The van der Waals surface area contributed by atoms with Crippen LogP contribution < -0.4 is 5.32 Å². The molecule has 3 aromatic carbocycles. The third-order valence-electron chi connectivity index (χ3n) is 5.07. The third kappa shape index (κ3) is 5.21. The number of fused-ring (bicyclic) bond motifs is 1. The minimum atomic E-state index is -0.0921. The van der Waals surface area contributed by atoms with Crippen molar-refractivity contribution in [3.63, 3.8) is 0 Å². The van der Waals surface area contributed by atoms with E-state index >= 15 is 0 Å². The molecule has 0 radical (unpaired) electrons. The molecular formula is C25H22N2O2S2. The van der Waals surface area contributed by atoms with Gasteiger partial charge in [-0.3, -0.25) is 14.5 Å². The van der Waals surface area contributed by atoms with E-state index in [2.05, 4.69) is 5.32 Å². The van der Waals surface area contributed by atoms with E-state index in [1.165, 1.54) is 17.3 Å². The number of hydrogen-bond acceptors (Lipinski definition) is 4. The normalized spacial score (nSPS) is 15.1. The van der Waals surface area contributed by atoms with Gasteiger partial charge in [0.15, 0.2) is 0 Å². The van der Waals surface area contributed by atoms with Crippen LogP contribution in [0.3, 0.4) is 0 Å². The zero-order valence-electron chi connectivity index (χ0n) is 17.1.